The number of aromatic hydroxyl groups is 1. The Balaban J connectivity index is 2.45. The maximum atomic E-state index is 14.2. The van der Waals surface area contributed by atoms with Gasteiger partial charge in [0.25, 0.3) is 5.91 Å². The molecule has 3 N–H and O–H groups in total. The summed E-state index contributed by atoms with van der Waals surface area (Å²) in [6, 6.07) is 1.57. The number of rotatable bonds is 4. The van der Waals surface area contributed by atoms with Crippen LogP contribution in [0.5, 0.6) is 5.75 Å². The quantitative estimate of drug-likeness (QED) is 0.678. The second-order valence-corrected chi connectivity index (χ2v) is 8.89. The number of sulfonamides is 1. The molecule has 1 aromatic rings. The Morgan fingerprint density at radius 3 is 2.43 bits per heavy atom. The van der Waals surface area contributed by atoms with Crippen molar-refractivity contribution in [2.75, 3.05) is 15.6 Å². The Morgan fingerprint density at radius 1 is 1.39 bits per heavy atom. The Kier molecular flexibility index (Phi) is 4.15. The minimum atomic E-state index is -4.30. The van der Waals surface area contributed by atoms with Crippen LogP contribution < -0.4 is 13.7 Å². The van der Waals surface area contributed by atoms with Gasteiger partial charge in [0, 0.05) is 12.1 Å². The highest BCUT2D eigenvalue weighted by Crippen LogP contribution is 2.36. The normalized spacial score (nSPS) is 17.4. The number of hydrogen-bond donors (Lipinski definition) is 3. The number of carbonyl (C=O) groups excluding carboxylic acids is 1. The Bertz CT molecular complexity index is 843. The summed E-state index contributed by atoms with van der Waals surface area (Å²) in [6.45, 7) is 2.12. The molecule has 1 aliphatic rings. The van der Waals surface area contributed by atoms with Gasteiger partial charge >= 0.3 is 10.2 Å². The molecule has 0 atom stereocenters. The summed E-state index contributed by atoms with van der Waals surface area (Å²) in [6.07, 6.45) is 0. The molecule has 128 valence electrons. The number of anilines is 2. The molecule has 1 amide bonds. The van der Waals surface area contributed by atoms with Crippen molar-refractivity contribution in [2.45, 2.75) is 19.1 Å². The lowest BCUT2D eigenvalue weighted by Crippen LogP contribution is -2.30. The summed E-state index contributed by atoms with van der Waals surface area (Å²) in [5.41, 5.74) is -1.01. The molecule has 0 unspecified atom stereocenters. The molecular formula is C11H14FN3O6S2. The molecular weight excluding hydrogens is 353 g/mol. The summed E-state index contributed by atoms with van der Waals surface area (Å²) in [4.78, 5) is 11.2. The summed E-state index contributed by atoms with van der Waals surface area (Å²) in [5, 5.41) is 9.07. The highest BCUT2D eigenvalue weighted by molar-refractivity contribution is 7.93. The number of benzene rings is 1. The van der Waals surface area contributed by atoms with Crippen molar-refractivity contribution in [1.29, 1.82) is 0 Å². The van der Waals surface area contributed by atoms with E-state index in [4.69, 9.17) is 0 Å². The SMILES string of the molecule is CC(C)S(=O)(=O)Nc1cc(O)c(N2CC(=O)NS2(=O)=O)c(F)c1. The molecule has 1 saturated heterocycles. The minimum absolute atomic E-state index is 0.270. The van der Waals surface area contributed by atoms with E-state index in [0.717, 1.165) is 6.07 Å². The number of nitrogens with zero attached hydrogens (tertiary/aromatic N) is 1. The molecule has 1 fully saturated rings. The Hall–Kier alpha value is -2.08. The molecule has 1 aliphatic heterocycles. The van der Waals surface area contributed by atoms with Crippen molar-refractivity contribution in [1.82, 2.24) is 4.72 Å². The van der Waals surface area contributed by atoms with Crippen molar-refractivity contribution in [3.8, 4) is 5.75 Å². The molecule has 0 aliphatic carbocycles. The fourth-order valence-corrected chi connectivity index (χ4v) is 3.67. The van der Waals surface area contributed by atoms with Crippen molar-refractivity contribution in [3.63, 3.8) is 0 Å². The molecule has 9 nitrogen and oxygen atoms in total. The molecule has 2 rings (SSSR count). The summed E-state index contributed by atoms with van der Waals surface area (Å²) >= 11 is 0. The van der Waals surface area contributed by atoms with E-state index in [1.165, 1.54) is 13.8 Å². The molecule has 1 aromatic carbocycles. The smallest absolute Gasteiger partial charge is 0.326 e. The van der Waals surface area contributed by atoms with Gasteiger partial charge in [0.2, 0.25) is 10.0 Å². The van der Waals surface area contributed by atoms with Crippen LogP contribution in [-0.2, 0) is 25.0 Å². The fourth-order valence-electron chi connectivity index (χ4n) is 1.82. The van der Waals surface area contributed by atoms with Gasteiger partial charge < -0.3 is 5.11 Å². The minimum Gasteiger partial charge on any atom is -0.506 e. The second kappa shape index (κ2) is 5.53. The third-order valence-corrected chi connectivity index (χ3v) is 6.13. The van der Waals surface area contributed by atoms with Gasteiger partial charge in [-0.05, 0) is 13.8 Å². The van der Waals surface area contributed by atoms with Crippen molar-refractivity contribution in [3.05, 3.63) is 17.9 Å². The predicted octanol–water partition coefficient (Wildman–Crippen LogP) is -0.138. The number of hydrogen-bond acceptors (Lipinski definition) is 6. The lowest BCUT2D eigenvalue weighted by molar-refractivity contribution is -0.117. The Labute approximate surface area is 132 Å². The van der Waals surface area contributed by atoms with Gasteiger partial charge in [0.1, 0.15) is 18.0 Å². The molecule has 0 bridgehead atoms. The molecule has 0 saturated carbocycles. The second-order valence-electron chi connectivity index (χ2n) is 5.06. The highest BCUT2D eigenvalue weighted by atomic mass is 32.2. The van der Waals surface area contributed by atoms with Crippen molar-refractivity contribution in [2.24, 2.45) is 0 Å². The van der Waals surface area contributed by atoms with Crippen LogP contribution >= 0.6 is 0 Å². The van der Waals surface area contributed by atoms with Gasteiger partial charge in [-0.15, -0.1) is 0 Å². The number of halogens is 1. The first-order chi connectivity index (χ1) is 10.4. The van der Waals surface area contributed by atoms with E-state index < -0.39 is 55.2 Å². The van der Waals surface area contributed by atoms with E-state index in [-0.39, 0.29) is 5.69 Å². The molecule has 0 radical (unpaired) electrons. The Morgan fingerprint density at radius 2 is 2.00 bits per heavy atom. The van der Waals surface area contributed by atoms with Crippen LogP contribution in [0.25, 0.3) is 0 Å². The molecule has 23 heavy (non-hydrogen) atoms. The topological polar surface area (TPSA) is 133 Å². The average Bonchev–Trinajstić information content (AvgIpc) is 2.60. The van der Waals surface area contributed by atoms with Crippen LogP contribution in [-0.4, -0.2) is 39.6 Å². The van der Waals surface area contributed by atoms with Crippen molar-refractivity contribution < 1.29 is 31.1 Å². The number of carbonyl (C=O) groups is 1. The van der Waals surface area contributed by atoms with E-state index in [1.54, 1.807) is 4.72 Å². The van der Waals surface area contributed by atoms with Crippen LogP contribution in [0.15, 0.2) is 12.1 Å². The molecule has 0 spiro atoms. The predicted molar refractivity (Wildman–Crippen MR) is 80.2 cm³/mol. The fraction of sp³-hybridized carbons (Fsp3) is 0.364. The third-order valence-electron chi connectivity index (χ3n) is 2.99. The van der Waals surface area contributed by atoms with Crippen LogP contribution in [0.3, 0.4) is 0 Å². The number of amides is 1. The third kappa shape index (κ3) is 3.32. The summed E-state index contributed by atoms with van der Waals surface area (Å²) in [5.74, 6) is -2.91. The zero-order valence-corrected chi connectivity index (χ0v) is 13.7. The standard InChI is InChI=1S/C11H14FN3O6S2/c1-6(2)22(18,19)13-7-3-8(12)11(9(16)4-7)15-5-10(17)14-23(15,20)21/h3-4,6,13,16H,5H2,1-2H3,(H,14,17). The van der Waals surface area contributed by atoms with Gasteiger partial charge in [-0.1, -0.05) is 0 Å². The van der Waals surface area contributed by atoms with Crippen LogP contribution in [0.2, 0.25) is 0 Å². The number of phenolic OH excluding ortho intramolecular Hbond substituents is 1. The van der Waals surface area contributed by atoms with Crippen LogP contribution in [0, 0.1) is 5.82 Å². The average molecular weight is 367 g/mol. The first-order valence-electron chi connectivity index (χ1n) is 6.31. The number of phenols is 1. The summed E-state index contributed by atoms with van der Waals surface area (Å²) < 4.78 is 65.1. The van der Waals surface area contributed by atoms with Gasteiger partial charge in [-0.2, -0.15) is 8.42 Å². The van der Waals surface area contributed by atoms with Gasteiger partial charge in [-0.25, -0.2) is 21.8 Å². The highest BCUT2D eigenvalue weighted by Gasteiger charge is 2.37. The molecule has 1 heterocycles. The number of nitrogens with one attached hydrogen (secondary N) is 2. The largest absolute Gasteiger partial charge is 0.506 e. The zero-order chi connectivity index (χ0) is 17.6. The first-order valence-corrected chi connectivity index (χ1v) is 9.30. The van der Waals surface area contributed by atoms with E-state index in [0.29, 0.717) is 10.4 Å². The molecule has 12 heteroatoms. The van der Waals surface area contributed by atoms with Gasteiger partial charge in [0.05, 0.1) is 10.9 Å². The van der Waals surface area contributed by atoms with Crippen molar-refractivity contribution >= 4 is 37.5 Å². The maximum absolute atomic E-state index is 14.2. The lowest BCUT2D eigenvalue weighted by atomic mass is 10.2. The summed E-state index contributed by atoms with van der Waals surface area (Å²) in [7, 11) is -8.07. The monoisotopic (exact) mass is 367 g/mol. The van der Waals surface area contributed by atoms with Gasteiger partial charge in [0.15, 0.2) is 5.82 Å². The van der Waals surface area contributed by atoms with E-state index in [1.807, 2.05) is 0 Å². The lowest BCUT2D eigenvalue weighted by Gasteiger charge is -2.18. The van der Waals surface area contributed by atoms with Crippen LogP contribution in [0.1, 0.15) is 13.8 Å². The van der Waals surface area contributed by atoms with E-state index >= 15 is 0 Å². The van der Waals surface area contributed by atoms with Gasteiger partial charge in [-0.3, -0.25) is 9.52 Å². The first kappa shape index (κ1) is 17.3. The van der Waals surface area contributed by atoms with E-state index in [2.05, 4.69) is 4.72 Å². The molecule has 0 aromatic heterocycles. The maximum Gasteiger partial charge on any atom is 0.326 e. The van der Waals surface area contributed by atoms with Crippen LogP contribution in [0.4, 0.5) is 15.8 Å². The van der Waals surface area contributed by atoms with E-state index in [9.17, 15) is 31.1 Å². The zero-order valence-electron chi connectivity index (χ0n) is 12.1.